The molecule has 1 unspecified atom stereocenters. The zero-order valence-electron chi connectivity index (χ0n) is 12.2. The van der Waals surface area contributed by atoms with Crippen molar-refractivity contribution >= 4 is 21.6 Å². The Kier molecular flexibility index (Phi) is 5.45. The fourth-order valence-electron chi connectivity index (χ4n) is 2.70. The number of nitrogens with one attached hydrogen (secondary N) is 1. The summed E-state index contributed by atoms with van der Waals surface area (Å²) in [4.78, 5) is 2.55. The van der Waals surface area contributed by atoms with E-state index in [0.29, 0.717) is 17.6 Å². The Labute approximate surface area is 130 Å². The van der Waals surface area contributed by atoms with Crippen LogP contribution in [-0.4, -0.2) is 30.1 Å². The molecule has 1 aromatic rings. The van der Waals surface area contributed by atoms with Crippen molar-refractivity contribution < 1.29 is 0 Å². The Morgan fingerprint density at radius 2 is 2.15 bits per heavy atom. The first-order valence-corrected chi connectivity index (χ1v) is 8.09. The highest BCUT2D eigenvalue weighted by Gasteiger charge is 2.19. The van der Waals surface area contributed by atoms with Gasteiger partial charge < -0.3 is 10.2 Å². The molecule has 1 atom stereocenters. The average Bonchev–Trinajstić information content (AvgIpc) is 2.66. The van der Waals surface area contributed by atoms with Crippen LogP contribution in [0.5, 0.6) is 0 Å². The molecular formula is C16H22BrN3. The van der Waals surface area contributed by atoms with Crippen LogP contribution in [0.3, 0.4) is 0 Å². The number of likely N-dealkylation sites (tertiary alicyclic amines) is 1. The van der Waals surface area contributed by atoms with Crippen LogP contribution in [0.15, 0.2) is 22.7 Å². The number of hydrogen-bond donors (Lipinski definition) is 1. The number of nitrogens with zero attached hydrogens (tertiary/aromatic N) is 2. The fourth-order valence-corrected chi connectivity index (χ4v) is 3.19. The van der Waals surface area contributed by atoms with E-state index in [0.717, 1.165) is 16.7 Å². The zero-order valence-corrected chi connectivity index (χ0v) is 13.8. The van der Waals surface area contributed by atoms with Gasteiger partial charge >= 0.3 is 0 Å². The van der Waals surface area contributed by atoms with E-state index in [-0.39, 0.29) is 0 Å². The molecule has 1 fully saturated rings. The molecule has 4 heteroatoms. The molecule has 0 aliphatic carbocycles. The normalized spacial score (nSPS) is 20.4. The van der Waals surface area contributed by atoms with Gasteiger partial charge in [-0.3, -0.25) is 0 Å². The molecule has 1 aromatic carbocycles. The number of nitriles is 1. The largest absolute Gasteiger partial charge is 0.381 e. The lowest BCUT2D eigenvalue weighted by Crippen LogP contribution is -2.32. The molecule has 0 bridgehead atoms. The number of halogens is 1. The van der Waals surface area contributed by atoms with Crippen molar-refractivity contribution in [3.8, 4) is 6.07 Å². The lowest BCUT2D eigenvalue weighted by atomic mass is 10.1. The van der Waals surface area contributed by atoms with Gasteiger partial charge in [0, 0.05) is 28.8 Å². The highest BCUT2D eigenvalue weighted by Crippen LogP contribution is 2.26. The summed E-state index contributed by atoms with van der Waals surface area (Å²) in [6, 6.07) is 9.05. The summed E-state index contributed by atoms with van der Waals surface area (Å²) in [5.74, 6) is 0. The van der Waals surface area contributed by atoms with Crippen LogP contribution in [0.2, 0.25) is 0 Å². The minimum absolute atomic E-state index is 0.517. The second-order valence-corrected chi connectivity index (χ2v) is 6.56. The fraction of sp³-hybridized carbons (Fsp3) is 0.562. The predicted octanol–water partition coefficient (Wildman–Crippen LogP) is 4.00. The smallest absolute Gasteiger partial charge is 0.0992 e. The second kappa shape index (κ2) is 7.10. The van der Waals surface area contributed by atoms with Crippen LogP contribution >= 0.6 is 15.9 Å². The first-order valence-electron chi connectivity index (χ1n) is 7.30. The molecule has 1 aliphatic rings. The molecule has 1 aliphatic heterocycles. The minimum atomic E-state index is 0.517. The summed E-state index contributed by atoms with van der Waals surface area (Å²) in [7, 11) is 0. The van der Waals surface area contributed by atoms with Gasteiger partial charge in [0.05, 0.1) is 11.6 Å². The van der Waals surface area contributed by atoms with Crippen LogP contribution < -0.4 is 5.32 Å². The van der Waals surface area contributed by atoms with Gasteiger partial charge in [0.1, 0.15) is 0 Å². The molecule has 1 N–H and O–H groups in total. The highest BCUT2D eigenvalue weighted by atomic mass is 79.9. The summed E-state index contributed by atoms with van der Waals surface area (Å²) < 4.78 is 0.974. The lowest BCUT2D eigenvalue weighted by molar-refractivity contribution is 0.230. The van der Waals surface area contributed by atoms with Crippen molar-refractivity contribution in [2.75, 3.05) is 18.4 Å². The lowest BCUT2D eigenvalue weighted by Gasteiger charge is -2.24. The molecule has 1 saturated heterocycles. The van der Waals surface area contributed by atoms with Crippen molar-refractivity contribution in [2.24, 2.45) is 0 Å². The molecule has 0 radical (unpaired) electrons. The van der Waals surface area contributed by atoms with Gasteiger partial charge in [-0.15, -0.1) is 0 Å². The summed E-state index contributed by atoms with van der Waals surface area (Å²) in [6.07, 6.45) is 3.62. The van der Waals surface area contributed by atoms with Gasteiger partial charge in [0.25, 0.3) is 0 Å². The van der Waals surface area contributed by atoms with Crippen LogP contribution in [0.4, 0.5) is 5.69 Å². The second-order valence-electron chi connectivity index (χ2n) is 5.71. The van der Waals surface area contributed by atoms with Gasteiger partial charge in [0.2, 0.25) is 0 Å². The maximum Gasteiger partial charge on any atom is 0.0992 e. The first kappa shape index (κ1) is 15.3. The van der Waals surface area contributed by atoms with Crippen molar-refractivity contribution in [2.45, 2.75) is 45.2 Å². The average molecular weight is 336 g/mol. The Balaban J connectivity index is 1.98. The van der Waals surface area contributed by atoms with E-state index in [1.807, 2.05) is 18.2 Å². The highest BCUT2D eigenvalue weighted by molar-refractivity contribution is 9.10. The van der Waals surface area contributed by atoms with Crippen LogP contribution in [0.25, 0.3) is 0 Å². The van der Waals surface area contributed by atoms with E-state index in [2.05, 4.69) is 46.1 Å². The van der Waals surface area contributed by atoms with Crippen molar-refractivity contribution in [1.29, 1.82) is 5.26 Å². The van der Waals surface area contributed by atoms with E-state index < -0.39 is 0 Å². The summed E-state index contributed by atoms with van der Waals surface area (Å²) in [5.41, 5.74) is 1.78. The summed E-state index contributed by atoms with van der Waals surface area (Å²) in [5, 5.41) is 12.5. The standard InChI is InChI=1S/C16H22BrN3/c1-12(2)20-8-3-4-14(7-9-20)19-16-6-5-13(11-18)10-15(16)17/h5-6,10,12,14,19H,3-4,7-9H2,1-2H3. The van der Waals surface area contributed by atoms with E-state index in [1.54, 1.807) is 0 Å². The number of hydrogen-bond acceptors (Lipinski definition) is 3. The molecule has 0 spiro atoms. The third kappa shape index (κ3) is 3.97. The number of benzene rings is 1. The van der Waals surface area contributed by atoms with Crippen molar-refractivity contribution in [3.05, 3.63) is 28.2 Å². The zero-order chi connectivity index (χ0) is 14.5. The molecule has 108 valence electrons. The van der Waals surface area contributed by atoms with Crippen LogP contribution in [-0.2, 0) is 0 Å². The maximum absolute atomic E-state index is 8.90. The van der Waals surface area contributed by atoms with E-state index in [1.165, 1.54) is 25.8 Å². The quantitative estimate of drug-likeness (QED) is 0.907. The van der Waals surface area contributed by atoms with Gasteiger partial charge in [-0.25, -0.2) is 0 Å². The molecule has 1 heterocycles. The monoisotopic (exact) mass is 335 g/mol. The molecule has 3 nitrogen and oxygen atoms in total. The molecule has 0 saturated carbocycles. The minimum Gasteiger partial charge on any atom is -0.381 e. The van der Waals surface area contributed by atoms with E-state index >= 15 is 0 Å². The molecule has 20 heavy (non-hydrogen) atoms. The number of rotatable bonds is 3. The van der Waals surface area contributed by atoms with Crippen LogP contribution in [0.1, 0.15) is 38.7 Å². The topological polar surface area (TPSA) is 39.1 Å². The third-order valence-corrected chi connectivity index (χ3v) is 4.61. The first-order chi connectivity index (χ1) is 9.60. The molecule has 0 aromatic heterocycles. The Bertz CT molecular complexity index is 493. The van der Waals surface area contributed by atoms with Gasteiger partial charge in [-0.05, 0) is 73.8 Å². The Hall–Kier alpha value is -1.05. The van der Waals surface area contributed by atoms with E-state index in [9.17, 15) is 0 Å². The van der Waals surface area contributed by atoms with Crippen LogP contribution in [0, 0.1) is 11.3 Å². The van der Waals surface area contributed by atoms with Gasteiger partial charge in [-0.1, -0.05) is 0 Å². The Morgan fingerprint density at radius 1 is 1.35 bits per heavy atom. The van der Waals surface area contributed by atoms with Gasteiger partial charge in [0.15, 0.2) is 0 Å². The third-order valence-electron chi connectivity index (χ3n) is 3.95. The summed E-state index contributed by atoms with van der Waals surface area (Å²) >= 11 is 3.55. The maximum atomic E-state index is 8.90. The Morgan fingerprint density at radius 3 is 2.80 bits per heavy atom. The molecular weight excluding hydrogens is 314 g/mol. The summed E-state index contributed by atoms with van der Waals surface area (Å²) in [6.45, 7) is 6.89. The van der Waals surface area contributed by atoms with Crippen molar-refractivity contribution in [1.82, 2.24) is 4.90 Å². The van der Waals surface area contributed by atoms with Crippen molar-refractivity contribution in [3.63, 3.8) is 0 Å². The molecule has 2 rings (SSSR count). The molecule has 0 amide bonds. The predicted molar refractivity (Wildman–Crippen MR) is 86.8 cm³/mol. The SMILES string of the molecule is CC(C)N1CCCC(Nc2ccc(C#N)cc2Br)CC1. The van der Waals surface area contributed by atoms with Gasteiger partial charge in [-0.2, -0.15) is 5.26 Å². The van der Waals surface area contributed by atoms with E-state index in [4.69, 9.17) is 5.26 Å². The number of anilines is 1.